The van der Waals surface area contributed by atoms with Crippen LogP contribution in [-0.2, 0) is 9.59 Å². The van der Waals surface area contributed by atoms with Gasteiger partial charge in [0.2, 0.25) is 11.8 Å². The molecule has 9 heteroatoms. The largest absolute Gasteiger partial charge is 0.369 e. The average molecular weight is 405 g/mol. The number of amides is 2. The Morgan fingerprint density at radius 2 is 1.96 bits per heavy atom. The first-order valence-corrected chi connectivity index (χ1v) is 10.2. The predicted octanol–water partition coefficient (Wildman–Crippen LogP) is 2.54. The highest BCUT2D eigenvalue weighted by Gasteiger charge is 2.40. The number of thiazole rings is 1. The summed E-state index contributed by atoms with van der Waals surface area (Å²) < 4.78 is 0.923. The summed E-state index contributed by atoms with van der Waals surface area (Å²) in [5.74, 6) is 0.912. The Balaban J connectivity index is 0.00000225. The van der Waals surface area contributed by atoms with Crippen LogP contribution in [-0.4, -0.2) is 28.6 Å². The van der Waals surface area contributed by atoms with E-state index in [4.69, 9.17) is 11.5 Å². The number of hydrogen-bond donors (Lipinski definition) is 3. The molecule has 2 atom stereocenters. The molecule has 6 nitrogen and oxygen atoms in total. The SMILES string of the molecule is Cc1nc(NC(=O)C2CC3CCCC(C2)C3N)sc1SCC(N)=O.Cl. The Morgan fingerprint density at radius 1 is 1.32 bits per heavy atom. The first-order chi connectivity index (χ1) is 11.4. The van der Waals surface area contributed by atoms with E-state index >= 15 is 0 Å². The summed E-state index contributed by atoms with van der Waals surface area (Å²) in [4.78, 5) is 27.9. The first-order valence-electron chi connectivity index (χ1n) is 8.39. The summed E-state index contributed by atoms with van der Waals surface area (Å²) in [6, 6.07) is 0.265. The summed E-state index contributed by atoms with van der Waals surface area (Å²) in [7, 11) is 0. The number of thioether (sulfide) groups is 1. The lowest BCUT2D eigenvalue weighted by Crippen LogP contribution is -2.48. The molecule has 2 unspecified atom stereocenters. The van der Waals surface area contributed by atoms with Gasteiger partial charge in [-0.1, -0.05) is 17.8 Å². The number of rotatable bonds is 5. The van der Waals surface area contributed by atoms with Crippen molar-refractivity contribution in [1.82, 2.24) is 4.98 Å². The maximum absolute atomic E-state index is 12.6. The Hall–Kier alpha value is -0.830. The van der Waals surface area contributed by atoms with Crippen LogP contribution in [0.2, 0.25) is 0 Å². The lowest BCUT2D eigenvalue weighted by Gasteiger charge is -2.43. The van der Waals surface area contributed by atoms with Crippen molar-refractivity contribution >= 4 is 52.5 Å². The van der Waals surface area contributed by atoms with Crippen LogP contribution in [0.25, 0.3) is 0 Å². The zero-order chi connectivity index (χ0) is 17.3. The van der Waals surface area contributed by atoms with E-state index in [2.05, 4.69) is 10.3 Å². The number of aromatic nitrogens is 1. The predicted molar refractivity (Wildman–Crippen MR) is 104 cm³/mol. The van der Waals surface area contributed by atoms with Gasteiger partial charge in [0.1, 0.15) is 0 Å². The molecule has 0 aliphatic heterocycles. The lowest BCUT2D eigenvalue weighted by atomic mass is 9.65. The third-order valence-electron chi connectivity index (χ3n) is 5.11. The van der Waals surface area contributed by atoms with Crippen molar-refractivity contribution in [2.75, 3.05) is 11.1 Å². The molecule has 140 valence electrons. The Labute approximate surface area is 162 Å². The molecule has 2 aliphatic rings. The fourth-order valence-electron chi connectivity index (χ4n) is 3.92. The van der Waals surface area contributed by atoms with Crippen LogP contribution < -0.4 is 16.8 Å². The fraction of sp³-hybridized carbons (Fsp3) is 0.688. The quantitative estimate of drug-likeness (QED) is 0.653. The first kappa shape index (κ1) is 20.5. The minimum absolute atomic E-state index is 0. The Morgan fingerprint density at radius 3 is 2.56 bits per heavy atom. The van der Waals surface area contributed by atoms with E-state index in [0.29, 0.717) is 17.0 Å². The molecule has 2 bridgehead atoms. The number of carbonyl (C=O) groups excluding carboxylic acids is 2. The smallest absolute Gasteiger partial charge is 0.229 e. The highest BCUT2D eigenvalue weighted by atomic mass is 35.5. The molecular weight excluding hydrogens is 380 g/mol. The van der Waals surface area contributed by atoms with E-state index in [1.54, 1.807) is 0 Å². The van der Waals surface area contributed by atoms with E-state index in [1.807, 2.05) is 6.92 Å². The number of nitrogens with zero attached hydrogens (tertiary/aromatic N) is 1. The number of primary amides is 1. The van der Waals surface area contributed by atoms with Gasteiger partial charge in [-0.3, -0.25) is 9.59 Å². The van der Waals surface area contributed by atoms with E-state index in [1.165, 1.54) is 29.5 Å². The second-order valence-corrected chi connectivity index (χ2v) is 9.08. The van der Waals surface area contributed by atoms with Crippen molar-refractivity contribution in [3.8, 4) is 0 Å². The summed E-state index contributed by atoms with van der Waals surface area (Å²) >= 11 is 2.77. The van der Waals surface area contributed by atoms with Crippen molar-refractivity contribution in [3.63, 3.8) is 0 Å². The van der Waals surface area contributed by atoms with Gasteiger partial charge in [-0.05, 0) is 44.4 Å². The third kappa shape index (κ3) is 4.87. The van der Waals surface area contributed by atoms with Gasteiger partial charge in [0.15, 0.2) is 5.13 Å². The zero-order valence-corrected chi connectivity index (χ0v) is 16.6. The second-order valence-electron chi connectivity index (χ2n) is 6.83. The molecule has 0 aromatic carbocycles. The normalized spacial score (nSPS) is 28.1. The molecular formula is C16H25ClN4O2S2. The van der Waals surface area contributed by atoms with Gasteiger partial charge in [-0.2, -0.15) is 0 Å². The topological polar surface area (TPSA) is 111 Å². The number of anilines is 1. The molecule has 1 heterocycles. The van der Waals surface area contributed by atoms with Crippen molar-refractivity contribution in [3.05, 3.63) is 5.69 Å². The molecule has 1 aromatic rings. The molecule has 2 fully saturated rings. The van der Waals surface area contributed by atoms with E-state index in [-0.39, 0.29) is 41.9 Å². The summed E-state index contributed by atoms with van der Waals surface area (Å²) in [5, 5.41) is 3.56. The van der Waals surface area contributed by atoms with Crippen molar-refractivity contribution in [2.24, 2.45) is 29.2 Å². The number of hydrogen-bond acceptors (Lipinski definition) is 6. The van der Waals surface area contributed by atoms with Gasteiger partial charge in [0, 0.05) is 12.0 Å². The van der Waals surface area contributed by atoms with E-state index in [9.17, 15) is 9.59 Å². The molecule has 2 amide bonds. The standard InChI is InChI=1S/C16H24N4O2S2.ClH/c1-8-15(23-7-12(17)21)24-16(19-8)20-14(22)11-5-9-3-2-4-10(6-11)13(9)18;/h9-11,13H,2-7,18H2,1H3,(H2,17,21)(H,19,20,22);1H. The molecule has 5 N–H and O–H groups in total. The van der Waals surface area contributed by atoms with Crippen molar-refractivity contribution in [1.29, 1.82) is 0 Å². The molecule has 2 aliphatic carbocycles. The van der Waals surface area contributed by atoms with Crippen LogP contribution in [0.1, 0.15) is 37.8 Å². The van der Waals surface area contributed by atoms with Crippen LogP contribution in [0.15, 0.2) is 4.21 Å². The lowest BCUT2D eigenvalue weighted by molar-refractivity contribution is -0.122. The third-order valence-corrected chi connectivity index (χ3v) is 7.57. The minimum Gasteiger partial charge on any atom is -0.369 e. The van der Waals surface area contributed by atoms with Crippen LogP contribution >= 0.6 is 35.5 Å². The molecule has 1 aromatic heterocycles. The van der Waals surface area contributed by atoms with E-state index < -0.39 is 0 Å². The molecule has 3 rings (SSSR count). The minimum atomic E-state index is -0.358. The number of fused-ring (bicyclic) bond motifs is 2. The second kappa shape index (κ2) is 8.70. The number of carbonyl (C=O) groups is 2. The van der Waals surface area contributed by atoms with Crippen LogP contribution in [0.4, 0.5) is 5.13 Å². The zero-order valence-electron chi connectivity index (χ0n) is 14.2. The number of nitrogens with two attached hydrogens (primary N) is 2. The molecule has 0 spiro atoms. The van der Waals surface area contributed by atoms with Crippen molar-refractivity contribution in [2.45, 2.75) is 49.3 Å². The molecule has 0 saturated heterocycles. The fourth-order valence-corrected chi connectivity index (χ4v) is 5.80. The van der Waals surface area contributed by atoms with Gasteiger partial charge in [0.25, 0.3) is 0 Å². The molecule has 25 heavy (non-hydrogen) atoms. The maximum Gasteiger partial charge on any atom is 0.229 e. The van der Waals surface area contributed by atoms with Gasteiger partial charge in [0.05, 0.1) is 15.7 Å². The average Bonchev–Trinajstić information content (AvgIpc) is 2.84. The number of nitrogens with one attached hydrogen (secondary N) is 1. The molecule has 2 saturated carbocycles. The van der Waals surface area contributed by atoms with Gasteiger partial charge >= 0.3 is 0 Å². The van der Waals surface area contributed by atoms with Crippen LogP contribution in [0.3, 0.4) is 0 Å². The van der Waals surface area contributed by atoms with Gasteiger partial charge < -0.3 is 16.8 Å². The Kier molecular flexibility index (Phi) is 7.13. The maximum atomic E-state index is 12.6. The van der Waals surface area contributed by atoms with Gasteiger partial charge in [-0.15, -0.1) is 24.2 Å². The highest BCUT2D eigenvalue weighted by Crippen LogP contribution is 2.42. The van der Waals surface area contributed by atoms with E-state index in [0.717, 1.165) is 35.6 Å². The molecule has 0 radical (unpaired) electrons. The number of halogens is 1. The van der Waals surface area contributed by atoms with Crippen LogP contribution in [0, 0.1) is 24.7 Å². The van der Waals surface area contributed by atoms with Gasteiger partial charge in [-0.25, -0.2) is 4.98 Å². The van der Waals surface area contributed by atoms with Crippen LogP contribution in [0.5, 0.6) is 0 Å². The highest BCUT2D eigenvalue weighted by molar-refractivity contribution is 8.01. The summed E-state index contributed by atoms with van der Waals surface area (Å²) in [6.07, 6.45) is 5.30. The summed E-state index contributed by atoms with van der Waals surface area (Å²) in [6.45, 7) is 1.87. The monoisotopic (exact) mass is 404 g/mol. The Bertz CT molecular complexity index is 626. The number of aryl methyl sites for hydroxylation is 1. The summed E-state index contributed by atoms with van der Waals surface area (Å²) in [5.41, 5.74) is 12.3. The van der Waals surface area contributed by atoms with Crippen molar-refractivity contribution < 1.29 is 9.59 Å².